The first-order chi connectivity index (χ1) is 13.2. The first-order valence-corrected chi connectivity index (χ1v) is 9.37. The maximum atomic E-state index is 5.37. The number of rotatable bonds is 11. The smallest absolute Gasteiger partial charge is 0.191 e. The third kappa shape index (κ3) is 9.45. The lowest BCUT2D eigenvalue weighted by Gasteiger charge is -2.14. The van der Waals surface area contributed by atoms with Gasteiger partial charge >= 0.3 is 0 Å². The number of furan rings is 1. The molecule has 6 nitrogen and oxygen atoms in total. The molecule has 1 atom stereocenters. The number of hydrogen-bond donors (Lipinski definition) is 2. The molecule has 1 unspecified atom stereocenters. The quantitative estimate of drug-likeness (QED) is 0.214. The molecule has 1 heterocycles. The van der Waals surface area contributed by atoms with Crippen LogP contribution in [0.1, 0.15) is 18.2 Å². The van der Waals surface area contributed by atoms with Crippen molar-refractivity contribution in [2.24, 2.45) is 10.9 Å². The van der Waals surface area contributed by atoms with Gasteiger partial charge in [-0.15, -0.1) is 24.0 Å². The van der Waals surface area contributed by atoms with Crippen LogP contribution in [0.15, 0.2) is 52.1 Å². The van der Waals surface area contributed by atoms with E-state index in [4.69, 9.17) is 18.9 Å². The van der Waals surface area contributed by atoms with Crippen LogP contribution < -0.4 is 15.4 Å². The summed E-state index contributed by atoms with van der Waals surface area (Å²) in [6.07, 6.45) is 3.49. The number of aliphatic imine (C=N–C) groups is 1. The van der Waals surface area contributed by atoms with Crippen LogP contribution in [-0.2, 0) is 17.6 Å². The van der Waals surface area contributed by atoms with Crippen LogP contribution >= 0.6 is 24.0 Å². The molecule has 28 heavy (non-hydrogen) atoms. The molecular formula is C21H32IN3O3. The lowest BCUT2D eigenvalue weighted by molar-refractivity contribution is 0.203. The molecule has 156 valence electrons. The van der Waals surface area contributed by atoms with Crippen LogP contribution in [-0.4, -0.2) is 46.4 Å². The average Bonchev–Trinajstić information content (AvgIpc) is 3.20. The molecule has 0 bridgehead atoms. The standard InChI is InChI=1S/C21H31N3O3.HI/c1-17(15-18-6-8-19(26-3)9-7-18)16-24-21(23-12-14-25-2)22-11-10-20-5-4-13-27-20;/h4-9,13,17H,10-12,14-16H2,1-3H3,(H2,22,23,24);1H. The fourth-order valence-electron chi connectivity index (χ4n) is 2.68. The number of guanidine groups is 1. The number of nitrogens with one attached hydrogen (secondary N) is 2. The first-order valence-electron chi connectivity index (χ1n) is 9.37. The van der Waals surface area contributed by atoms with Gasteiger partial charge in [-0.25, -0.2) is 0 Å². The summed E-state index contributed by atoms with van der Waals surface area (Å²) in [5.74, 6) is 3.09. The molecular weight excluding hydrogens is 469 g/mol. The molecule has 0 aliphatic carbocycles. The maximum absolute atomic E-state index is 5.37. The number of ether oxygens (including phenoxy) is 2. The molecule has 2 rings (SSSR count). The van der Waals surface area contributed by atoms with Crippen molar-refractivity contribution in [1.82, 2.24) is 10.6 Å². The predicted octanol–water partition coefficient (Wildman–Crippen LogP) is 3.51. The van der Waals surface area contributed by atoms with E-state index in [9.17, 15) is 0 Å². The highest BCUT2D eigenvalue weighted by Gasteiger charge is 2.06. The van der Waals surface area contributed by atoms with E-state index in [1.165, 1.54) is 5.56 Å². The van der Waals surface area contributed by atoms with Crippen LogP contribution in [0.3, 0.4) is 0 Å². The van der Waals surface area contributed by atoms with Crippen molar-refractivity contribution in [3.05, 3.63) is 54.0 Å². The summed E-state index contributed by atoms with van der Waals surface area (Å²) in [5.41, 5.74) is 1.29. The Kier molecular flexibility index (Phi) is 12.4. The van der Waals surface area contributed by atoms with Crippen LogP contribution in [0.5, 0.6) is 5.75 Å². The number of nitrogens with zero attached hydrogens (tertiary/aromatic N) is 1. The summed E-state index contributed by atoms with van der Waals surface area (Å²) in [6.45, 7) is 5.08. The van der Waals surface area contributed by atoms with Crippen LogP contribution in [0.25, 0.3) is 0 Å². The molecule has 0 saturated carbocycles. The van der Waals surface area contributed by atoms with Gasteiger partial charge in [-0.2, -0.15) is 0 Å². The molecule has 0 radical (unpaired) electrons. The minimum absolute atomic E-state index is 0. The monoisotopic (exact) mass is 501 g/mol. The van der Waals surface area contributed by atoms with E-state index < -0.39 is 0 Å². The van der Waals surface area contributed by atoms with Gasteiger partial charge in [0.25, 0.3) is 0 Å². The highest BCUT2D eigenvalue weighted by Crippen LogP contribution is 2.14. The highest BCUT2D eigenvalue weighted by molar-refractivity contribution is 14.0. The Morgan fingerprint density at radius 2 is 1.86 bits per heavy atom. The minimum atomic E-state index is 0. The predicted molar refractivity (Wildman–Crippen MR) is 124 cm³/mol. The number of benzene rings is 1. The van der Waals surface area contributed by atoms with E-state index in [0.717, 1.165) is 49.9 Å². The van der Waals surface area contributed by atoms with E-state index in [1.54, 1.807) is 20.5 Å². The molecule has 0 saturated heterocycles. The van der Waals surface area contributed by atoms with Crippen molar-refractivity contribution in [1.29, 1.82) is 0 Å². The lowest BCUT2D eigenvalue weighted by Crippen LogP contribution is -2.40. The topological polar surface area (TPSA) is 68.0 Å². The van der Waals surface area contributed by atoms with Crippen molar-refractivity contribution in [3.63, 3.8) is 0 Å². The normalized spacial score (nSPS) is 12.2. The zero-order chi connectivity index (χ0) is 19.3. The van der Waals surface area contributed by atoms with Gasteiger partial charge in [0.15, 0.2) is 5.96 Å². The summed E-state index contributed by atoms with van der Waals surface area (Å²) in [4.78, 5) is 4.73. The fraction of sp³-hybridized carbons (Fsp3) is 0.476. The van der Waals surface area contributed by atoms with E-state index in [2.05, 4.69) is 29.7 Å². The van der Waals surface area contributed by atoms with Gasteiger partial charge in [0.1, 0.15) is 11.5 Å². The van der Waals surface area contributed by atoms with E-state index in [0.29, 0.717) is 12.5 Å². The number of halogens is 1. The SMILES string of the molecule is COCCNC(=NCC(C)Cc1ccc(OC)cc1)NCCc1ccco1.I. The molecule has 0 spiro atoms. The third-order valence-electron chi connectivity index (χ3n) is 4.15. The molecule has 2 N–H and O–H groups in total. The third-order valence-corrected chi connectivity index (χ3v) is 4.15. The molecule has 0 fully saturated rings. The summed E-state index contributed by atoms with van der Waals surface area (Å²) in [5, 5.41) is 6.66. The maximum Gasteiger partial charge on any atom is 0.191 e. The summed E-state index contributed by atoms with van der Waals surface area (Å²) in [7, 11) is 3.38. The van der Waals surface area contributed by atoms with E-state index >= 15 is 0 Å². The Morgan fingerprint density at radius 3 is 2.50 bits per heavy atom. The molecule has 0 amide bonds. The summed E-state index contributed by atoms with van der Waals surface area (Å²) >= 11 is 0. The molecule has 7 heteroatoms. The minimum Gasteiger partial charge on any atom is -0.497 e. The molecule has 1 aromatic heterocycles. The summed E-state index contributed by atoms with van der Waals surface area (Å²) in [6, 6.07) is 12.1. The van der Waals surface area contributed by atoms with Gasteiger partial charge in [-0.3, -0.25) is 4.99 Å². The second-order valence-electron chi connectivity index (χ2n) is 6.52. The van der Waals surface area contributed by atoms with Crippen molar-refractivity contribution >= 4 is 29.9 Å². The number of methoxy groups -OCH3 is 2. The highest BCUT2D eigenvalue weighted by atomic mass is 127. The van der Waals surface area contributed by atoms with E-state index in [1.807, 2.05) is 24.3 Å². The zero-order valence-corrected chi connectivity index (χ0v) is 19.3. The van der Waals surface area contributed by atoms with Crippen LogP contribution in [0.4, 0.5) is 0 Å². The Labute approximate surface area is 185 Å². The summed E-state index contributed by atoms with van der Waals surface area (Å²) < 4.78 is 15.7. The number of hydrogen-bond acceptors (Lipinski definition) is 4. The van der Waals surface area contributed by atoms with Crippen molar-refractivity contribution < 1.29 is 13.9 Å². The molecule has 0 aliphatic heterocycles. The van der Waals surface area contributed by atoms with Gasteiger partial charge in [-0.05, 0) is 42.2 Å². The second kappa shape index (κ2) is 14.3. The Bertz CT molecular complexity index is 660. The van der Waals surface area contributed by atoms with Crippen LogP contribution in [0.2, 0.25) is 0 Å². The fourth-order valence-corrected chi connectivity index (χ4v) is 2.68. The lowest BCUT2D eigenvalue weighted by atomic mass is 10.0. The van der Waals surface area contributed by atoms with E-state index in [-0.39, 0.29) is 24.0 Å². The largest absolute Gasteiger partial charge is 0.497 e. The Balaban J connectivity index is 0.00000392. The Hall–Kier alpha value is -1.74. The zero-order valence-electron chi connectivity index (χ0n) is 16.9. The average molecular weight is 501 g/mol. The van der Waals surface area contributed by atoms with Crippen molar-refractivity contribution in [2.45, 2.75) is 19.8 Å². The van der Waals surface area contributed by atoms with Crippen LogP contribution in [0, 0.1) is 5.92 Å². The molecule has 2 aromatic rings. The van der Waals surface area contributed by atoms with Gasteiger partial charge in [0, 0.05) is 33.2 Å². The Morgan fingerprint density at radius 1 is 1.11 bits per heavy atom. The van der Waals surface area contributed by atoms with Gasteiger partial charge in [0.05, 0.1) is 20.0 Å². The van der Waals surface area contributed by atoms with Gasteiger partial charge < -0.3 is 24.5 Å². The van der Waals surface area contributed by atoms with Crippen molar-refractivity contribution in [2.75, 3.05) is 40.5 Å². The van der Waals surface area contributed by atoms with Gasteiger partial charge in [-0.1, -0.05) is 19.1 Å². The van der Waals surface area contributed by atoms with Crippen molar-refractivity contribution in [3.8, 4) is 5.75 Å². The second-order valence-corrected chi connectivity index (χ2v) is 6.52. The van der Waals surface area contributed by atoms with Gasteiger partial charge in [0.2, 0.25) is 0 Å². The molecule has 1 aromatic carbocycles. The molecule has 0 aliphatic rings. The first kappa shape index (κ1) is 24.3.